The molecule has 0 aliphatic carbocycles. The Hall–Kier alpha value is -1.91. The van der Waals surface area contributed by atoms with Gasteiger partial charge in [0, 0.05) is 13.2 Å². The lowest BCUT2D eigenvalue weighted by molar-refractivity contribution is -0.141. The van der Waals surface area contributed by atoms with Gasteiger partial charge in [-0.3, -0.25) is 9.78 Å². The Balaban J connectivity index is 2.82. The standard InChI is InChI=1S/C10H12N2O3/c1-7(10(14)15)12(2)9(13)8-5-3-4-6-11-8/h3-7H,1-2H3,(H,14,15). The Morgan fingerprint density at radius 3 is 2.60 bits per heavy atom. The van der Waals surface area contributed by atoms with Crippen LogP contribution < -0.4 is 0 Å². The van der Waals surface area contributed by atoms with E-state index >= 15 is 0 Å². The third-order valence-corrected chi connectivity index (χ3v) is 2.14. The fourth-order valence-corrected chi connectivity index (χ4v) is 1.01. The Morgan fingerprint density at radius 1 is 1.47 bits per heavy atom. The summed E-state index contributed by atoms with van der Waals surface area (Å²) < 4.78 is 0. The zero-order valence-electron chi connectivity index (χ0n) is 8.54. The first-order valence-electron chi connectivity index (χ1n) is 4.45. The summed E-state index contributed by atoms with van der Waals surface area (Å²) in [6.45, 7) is 1.45. The minimum Gasteiger partial charge on any atom is -0.480 e. The monoisotopic (exact) mass is 208 g/mol. The number of aromatic nitrogens is 1. The number of carbonyl (C=O) groups excluding carboxylic acids is 1. The average Bonchev–Trinajstić information content (AvgIpc) is 2.27. The molecule has 0 fully saturated rings. The van der Waals surface area contributed by atoms with E-state index in [1.807, 2.05) is 0 Å². The summed E-state index contributed by atoms with van der Waals surface area (Å²) in [5.41, 5.74) is 0.244. The van der Waals surface area contributed by atoms with Crippen molar-refractivity contribution in [2.24, 2.45) is 0 Å². The van der Waals surface area contributed by atoms with Crippen molar-refractivity contribution in [3.8, 4) is 0 Å². The van der Waals surface area contributed by atoms with E-state index in [9.17, 15) is 9.59 Å². The van der Waals surface area contributed by atoms with Gasteiger partial charge in [0.25, 0.3) is 5.91 Å². The number of carbonyl (C=O) groups is 2. The number of carboxylic acid groups (broad SMARTS) is 1. The second-order valence-electron chi connectivity index (χ2n) is 3.15. The molecular weight excluding hydrogens is 196 g/mol. The zero-order valence-corrected chi connectivity index (χ0v) is 8.54. The van der Waals surface area contributed by atoms with Gasteiger partial charge in [-0.1, -0.05) is 6.07 Å². The summed E-state index contributed by atoms with van der Waals surface area (Å²) in [5.74, 6) is -1.44. The number of likely N-dealkylation sites (N-methyl/N-ethyl adjacent to an activating group) is 1. The van der Waals surface area contributed by atoms with Crippen molar-refractivity contribution in [1.82, 2.24) is 9.88 Å². The second-order valence-corrected chi connectivity index (χ2v) is 3.15. The molecule has 1 unspecified atom stereocenters. The molecular formula is C10H12N2O3. The van der Waals surface area contributed by atoms with Gasteiger partial charge in [-0.05, 0) is 19.1 Å². The maximum atomic E-state index is 11.7. The topological polar surface area (TPSA) is 70.5 Å². The Labute approximate surface area is 87.4 Å². The lowest BCUT2D eigenvalue weighted by atomic mass is 10.2. The maximum absolute atomic E-state index is 11.7. The third kappa shape index (κ3) is 2.52. The van der Waals surface area contributed by atoms with Gasteiger partial charge in [0.05, 0.1) is 0 Å². The maximum Gasteiger partial charge on any atom is 0.326 e. The van der Waals surface area contributed by atoms with Gasteiger partial charge >= 0.3 is 5.97 Å². The Kier molecular flexibility index (Phi) is 3.38. The molecule has 0 saturated heterocycles. The molecule has 15 heavy (non-hydrogen) atoms. The van der Waals surface area contributed by atoms with Gasteiger partial charge in [0.2, 0.25) is 0 Å². The first kappa shape index (κ1) is 11.2. The van der Waals surface area contributed by atoms with Gasteiger partial charge in [0.1, 0.15) is 11.7 Å². The molecule has 0 bridgehead atoms. The Morgan fingerprint density at radius 2 is 2.13 bits per heavy atom. The molecule has 1 aromatic heterocycles. The predicted octanol–water partition coefficient (Wildman–Crippen LogP) is 0.627. The normalized spacial score (nSPS) is 11.9. The van der Waals surface area contributed by atoms with Crippen LogP contribution in [0, 0.1) is 0 Å². The molecule has 0 aliphatic heterocycles. The fourth-order valence-electron chi connectivity index (χ4n) is 1.01. The van der Waals surface area contributed by atoms with Gasteiger partial charge in [-0.25, -0.2) is 4.79 Å². The molecule has 1 N–H and O–H groups in total. The fraction of sp³-hybridized carbons (Fsp3) is 0.300. The van der Waals surface area contributed by atoms with Crippen LogP contribution >= 0.6 is 0 Å². The van der Waals surface area contributed by atoms with E-state index in [1.54, 1.807) is 18.2 Å². The molecule has 0 spiro atoms. The molecule has 0 aliphatic rings. The number of nitrogens with zero attached hydrogens (tertiary/aromatic N) is 2. The number of hydrogen-bond acceptors (Lipinski definition) is 3. The highest BCUT2D eigenvalue weighted by Crippen LogP contribution is 2.03. The van der Waals surface area contributed by atoms with Crippen molar-refractivity contribution < 1.29 is 14.7 Å². The largest absolute Gasteiger partial charge is 0.480 e. The van der Waals surface area contributed by atoms with E-state index in [-0.39, 0.29) is 5.69 Å². The van der Waals surface area contributed by atoms with Gasteiger partial charge < -0.3 is 10.0 Å². The minimum atomic E-state index is -1.04. The van der Waals surface area contributed by atoms with Crippen LogP contribution in [0.15, 0.2) is 24.4 Å². The lowest BCUT2D eigenvalue weighted by Gasteiger charge is -2.20. The summed E-state index contributed by atoms with van der Waals surface area (Å²) in [7, 11) is 1.44. The quantitative estimate of drug-likeness (QED) is 0.790. The number of hydrogen-bond donors (Lipinski definition) is 1. The molecule has 0 saturated carbocycles. The van der Waals surface area contributed by atoms with Crippen LogP contribution in [0.4, 0.5) is 0 Å². The van der Waals surface area contributed by atoms with Crippen LogP contribution in [0.2, 0.25) is 0 Å². The molecule has 80 valence electrons. The summed E-state index contributed by atoms with van der Waals surface area (Å²) in [4.78, 5) is 27.4. The van der Waals surface area contributed by atoms with Crippen LogP contribution in [-0.4, -0.2) is 40.0 Å². The Bertz CT molecular complexity index is 364. The average molecular weight is 208 g/mol. The molecule has 0 aromatic carbocycles. The van der Waals surface area contributed by atoms with E-state index in [0.717, 1.165) is 4.90 Å². The minimum absolute atomic E-state index is 0.244. The van der Waals surface area contributed by atoms with Crippen LogP contribution in [0.3, 0.4) is 0 Å². The number of pyridine rings is 1. The van der Waals surface area contributed by atoms with Crippen molar-refractivity contribution in [3.63, 3.8) is 0 Å². The molecule has 5 heteroatoms. The number of rotatable bonds is 3. The van der Waals surface area contributed by atoms with Crippen LogP contribution in [0.25, 0.3) is 0 Å². The highest BCUT2D eigenvalue weighted by atomic mass is 16.4. The molecule has 1 heterocycles. The summed E-state index contributed by atoms with van der Waals surface area (Å²) >= 11 is 0. The van der Waals surface area contributed by atoms with E-state index in [0.29, 0.717) is 0 Å². The summed E-state index contributed by atoms with van der Waals surface area (Å²) in [5, 5.41) is 8.73. The van der Waals surface area contributed by atoms with Crippen LogP contribution in [0.1, 0.15) is 17.4 Å². The van der Waals surface area contributed by atoms with E-state index in [1.165, 1.54) is 20.2 Å². The zero-order chi connectivity index (χ0) is 11.4. The number of aliphatic carboxylic acids is 1. The smallest absolute Gasteiger partial charge is 0.326 e. The number of amides is 1. The molecule has 1 rings (SSSR count). The molecule has 5 nitrogen and oxygen atoms in total. The van der Waals surface area contributed by atoms with E-state index in [4.69, 9.17) is 5.11 Å². The van der Waals surface area contributed by atoms with Crippen LogP contribution in [-0.2, 0) is 4.79 Å². The van der Waals surface area contributed by atoms with Crippen LogP contribution in [0.5, 0.6) is 0 Å². The molecule has 1 amide bonds. The van der Waals surface area contributed by atoms with Gasteiger partial charge in [0.15, 0.2) is 0 Å². The van der Waals surface area contributed by atoms with Crippen molar-refractivity contribution in [2.75, 3.05) is 7.05 Å². The third-order valence-electron chi connectivity index (χ3n) is 2.14. The first-order valence-corrected chi connectivity index (χ1v) is 4.45. The highest BCUT2D eigenvalue weighted by molar-refractivity contribution is 5.94. The number of carboxylic acids is 1. The van der Waals surface area contributed by atoms with Crippen molar-refractivity contribution >= 4 is 11.9 Å². The molecule has 0 radical (unpaired) electrons. The molecule has 1 atom stereocenters. The highest BCUT2D eigenvalue weighted by Gasteiger charge is 2.23. The van der Waals surface area contributed by atoms with E-state index in [2.05, 4.69) is 4.98 Å². The van der Waals surface area contributed by atoms with Gasteiger partial charge in [-0.15, -0.1) is 0 Å². The second kappa shape index (κ2) is 4.54. The first-order chi connectivity index (χ1) is 7.04. The summed E-state index contributed by atoms with van der Waals surface area (Å²) in [6, 6.07) is 4.06. The van der Waals surface area contributed by atoms with Gasteiger partial charge in [-0.2, -0.15) is 0 Å². The van der Waals surface area contributed by atoms with E-state index < -0.39 is 17.9 Å². The van der Waals surface area contributed by atoms with Crippen molar-refractivity contribution in [1.29, 1.82) is 0 Å². The van der Waals surface area contributed by atoms with Crippen molar-refractivity contribution in [2.45, 2.75) is 13.0 Å². The van der Waals surface area contributed by atoms with Crippen molar-refractivity contribution in [3.05, 3.63) is 30.1 Å². The lowest BCUT2D eigenvalue weighted by Crippen LogP contribution is -2.40. The SMILES string of the molecule is CC(C(=O)O)N(C)C(=O)c1ccccn1. The summed E-state index contributed by atoms with van der Waals surface area (Å²) in [6.07, 6.45) is 1.49. The molecule has 1 aromatic rings. The predicted molar refractivity (Wildman–Crippen MR) is 53.4 cm³/mol.